The highest BCUT2D eigenvalue weighted by Crippen LogP contribution is 2.61. The van der Waals surface area contributed by atoms with E-state index >= 15 is 0 Å². The van der Waals surface area contributed by atoms with Crippen molar-refractivity contribution in [3.8, 4) is 0 Å². The maximum Gasteiger partial charge on any atom is 0.357 e. The van der Waals surface area contributed by atoms with Crippen molar-refractivity contribution in [3.05, 3.63) is 0 Å². The van der Waals surface area contributed by atoms with E-state index in [0.29, 0.717) is 0 Å². The first-order valence-electron chi connectivity index (χ1n) is 2.34. The van der Waals surface area contributed by atoms with Gasteiger partial charge in [0.25, 0.3) is 5.13 Å². The standard InChI is InChI=1S/C4H2ClF5/c5-2(6)1-3(7,8)4(2,9)10/h1H2. The predicted octanol–water partition coefficient (Wildman–Crippen LogP) is 2.57. The SMILES string of the molecule is FC1(F)CC(F)(Cl)C1(F)F. The summed E-state index contributed by atoms with van der Waals surface area (Å²) in [6, 6.07) is 0. The third-order valence-electron chi connectivity index (χ3n) is 1.36. The van der Waals surface area contributed by atoms with Crippen LogP contribution in [0.15, 0.2) is 0 Å². The Morgan fingerprint density at radius 1 is 1.00 bits per heavy atom. The Hall–Kier alpha value is -0.0600. The highest BCUT2D eigenvalue weighted by molar-refractivity contribution is 6.24. The number of hydrogen-bond donors (Lipinski definition) is 0. The van der Waals surface area contributed by atoms with Gasteiger partial charge in [-0.15, -0.1) is 0 Å². The fraction of sp³-hybridized carbons (Fsp3) is 1.00. The molecule has 1 unspecified atom stereocenters. The first kappa shape index (κ1) is 8.04. The van der Waals surface area contributed by atoms with Crippen molar-refractivity contribution in [2.24, 2.45) is 0 Å². The first-order valence-corrected chi connectivity index (χ1v) is 2.72. The second kappa shape index (κ2) is 1.57. The minimum absolute atomic E-state index is 1.62. The summed E-state index contributed by atoms with van der Waals surface area (Å²) >= 11 is 4.38. The van der Waals surface area contributed by atoms with Crippen molar-refractivity contribution in [3.63, 3.8) is 0 Å². The molecule has 60 valence electrons. The van der Waals surface area contributed by atoms with Crippen LogP contribution < -0.4 is 0 Å². The highest BCUT2D eigenvalue weighted by atomic mass is 35.5. The van der Waals surface area contributed by atoms with E-state index in [1.807, 2.05) is 0 Å². The van der Waals surface area contributed by atoms with Crippen LogP contribution in [-0.2, 0) is 0 Å². The molecular formula is C4H2ClF5. The second-order valence-electron chi connectivity index (χ2n) is 2.16. The highest BCUT2D eigenvalue weighted by Gasteiger charge is 2.81. The summed E-state index contributed by atoms with van der Waals surface area (Å²) in [5.74, 6) is -9.01. The zero-order valence-corrected chi connectivity index (χ0v) is 5.23. The Balaban J connectivity index is 2.85. The van der Waals surface area contributed by atoms with Gasteiger partial charge < -0.3 is 0 Å². The number of hydrogen-bond acceptors (Lipinski definition) is 0. The minimum Gasteiger partial charge on any atom is -0.219 e. The Labute approximate surface area is 58.0 Å². The van der Waals surface area contributed by atoms with Gasteiger partial charge in [-0.25, -0.2) is 4.39 Å². The topological polar surface area (TPSA) is 0 Å². The van der Waals surface area contributed by atoms with Gasteiger partial charge in [-0.05, 0) is 0 Å². The van der Waals surface area contributed by atoms with E-state index in [1.54, 1.807) is 0 Å². The fourth-order valence-electron chi connectivity index (χ4n) is 0.662. The summed E-state index contributed by atoms with van der Waals surface area (Å²) in [4.78, 5) is 0. The molecule has 1 saturated carbocycles. The third-order valence-corrected chi connectivity index (χ3v) is 1.73. The van der Waals surface area contributed by atoms with Crippen LogP contribution in [-0.4, -0.2) is 17.0 Å². The summed E-state index contributed by atoms with van der Waals surface area (Å²) in [7, 11) is 0. The lowest BCUT2D eigenvalue weighted by Crippen LogP contribution is -2.66. The molecule has 0 N–H and O–H groups in total. The van der Waals surface area contributed by atoms with Gasteiger partial charge >= 0.3 is 11.8 Å². The van der Waals surface area contributed by atoms with Crippen molar-refractivity contribution in [1.29, 1.82) is 0 Å². The van der Waals surface area contributed by atoms with E-state index < -0.39 is 23.4 Å². The summed E-state index contributed by atoms with van der Waals surface area (Å²) in [5.41, 5.74) is 0. The minimum atomic E-state index is -4.72. The van der Waals surface area contributed by atoms with Crippen LogP contribution in [0.25, 0.3) is 0 Å². The average molecular weight is 181 g/mol. The quantitative estimate of drug-likeness (QED) is 0.397. The molecule has 0 aromatic rings. The molecule has 0 spiro atoms. The normalized spacial score (nSPS) is 42.6. The fourth-order valence-corrected chi connectivity index (χ4v) is 0.968. The maximum atomic E-state index is 12.0. The molecule has 0 saturated heterocycles. The van der Waals surface area contributed by atoms with Crippen molar-refractivity contribution < 1.29 is 22.0 Å². The van der Waals surface area contributed by atoms with Crippen molar-refractivity contribution in [2.75, 3.05) is 0 Å². The van der Waals surface area contributed by atoms with Crippen LogP contribution in [0.2, 0.25) is 0 Å². The lowest BCUT2D eigenvalue weighted by atomic mass is 9.86. The van der Waals surface area contributed by atoms with Crippen LogP contribution in [0.5, 0.6) is 0 Å². The Bertz CT molecular complexity index is 147. The molecule has 0 bridgehead atoms. The molecule has 1 rings (SSSR count). The average Bonchev–Trinajstić information content (AvgIpc) is 1.61. The van der Waals surface area contributed by atoms with Crippen LogP contribution in [0, 0.1) is 0 Å². The van der Waals surface area contributed by atoms with Crippen molar-refractivity contribution in [1.82, 2.24) is 0 Å². The molecule has 1 fully saturated rings. The van der Waals surface area contributed by atoms with E-state index in [4.69, 9.17) is 0 Å². The van der Waals surface area contributed by atoms with Gasteiger partial charge in [0.1, 0.15) is 0 Å². The van der Waals surface area contributed by atoms with E-state index in [-0.39, 0.29) is 0 Å². The van der Waals surface area contributed by atoms with Gasteiger partial charge in [0.15, 0.2) is 0 Å². The van der Waals surface area contributed by atoms with E-state index in [1.165, 1.54) is 0 Å². The van der Waals surface area contributed by atoms with Crippen molar-refractivity contribution >= 4 is 11.6 Å². The van der Waals surface area contributed by atoms with Crippen LogP contribution >= 0.6 is 11.6 Å². The largest absolute Gasteiger partial charge is 0.357 e. The summed E-state index contributed by atoms with van der Waals surface area (Å²) in [6.45, 7) is 0. The van der Waals surface area contributed by atoms with Gasteiger partial charge in [0, 0.05) is 0 Å². The molecule has 0 heterocycles. The molecule has 0 aromatic heterocycles. The predicted molar refractivity (Wildman–Crippen MR) is 24.2 cm³/mol. The number of alkyl halides is 6. The molecule has 0 radical (unpaired) electrons. The molecule has 6 heteroatoms. The van der Waals surface area contributed by atoms with E-state index in [0.717, 1.165) is 0 Å². The molecule has 0 nitrogen and oxygen atoms in total. The van der Waals surface area contributed by atoms with Crippen LogP contribution in [0.3, 0.4) is 0 Å². The smallest absolute Gasteiger partial charge is 0.219 e. The maximum absolute atomic E-state index is 12.0. The summed E-state index contributed by atoms with van der Waals surface area (Å²) in [5, 5.41) is -3.56. The van der Waals surface area contributed by atoms with Gasteiger partial charge in [0.05, 0.1) is 6.42 Å². The number of halogens is 6. The Kier molecular flexibility index (Phi) is 1.26. The van der Waals surface area contributed by atoms with Crippen molar-refractivity contribution in [2.45, 2.75) is 23.4 Å². The van der Waals surface area contributed by atoms with Crippen LogP contribution in [0.4, 0.5) is 22.0 Å². The molecule has 10 heavy (non-hydrogen) atoms. The van der Waals surface area contributed by atoms with Gasteiger partial charge in [-0.3, -0.25) is 0 Å². The molecular weight excluding hydrogens is 178 g/mol. The lowest BCUT2D eigenvalue weighted by molar-refractivity contribution is -0.330. The molecule has 0 aromatic carbocycles. The first-order chi connectivity index (χ1) is 4.21. The van der Waals surface area contributed by atoms with Gasteiger partial charge in [-0.1, -0.05) is 11.6 Å². The van der Waals surface area contributed by atoms with Gasteiger partial charge in [-0.2, -0.15) is 17.6 Å². The molecule has 0 aliphatic heterocycles. The molecule has 1 aliphatic carbocycles. The molecule has 0 amide bonds. The molecule has 1 aliphatic rings. The van der Waals surface area contributed by atoms with E-state index in [2.05, 4.69) is 11.6 Å². The van der Waals surface area contributed by atoms with E-state index in [9.17, 15) is 22.0 Å². The lowest BCUT2D eigenvalue weighted by Gasteiger charge is -2.44. The monoisotopic (exact) mass is 180 g/mol. The summed E-state index contributed by atoms with van der Waals surface area (Å²) < 4.78 is 59.2. The summed E-state index contributed by atoms with van der Waals surface area (Å²) in [6.07, 6.45) is -1.62. The zero-order chi connectivity index (χ0) is 8.21. The zero-order valence-electron chi connectivity index (χ0n) is 4.47. The van der Waals surface area contributed by atoms with Gasteiger partial charge in [0.2, 0.25) is 0 Å². The Morgan fingerprint density at radius 2 is 1.40 bits per heavy atom. The number of rotatable bonds is 0. The van der Waals surface area contributed by atoms with Crippen LogP contribution in [0.1, 0.15) is 6.42 Å². The Morgan fingerprint density at radius 3 is 1.40 bits per heavy atom. The molecule has 1 atom stereocenters. The third kappa shape index (κ3) is 0.667. The second-order valence-corrected chi connectivity index (χ2v) is 2.76.